The highest BCUT2D eigenvalue weighted by atomic mass is 79.9. The van der Waals surface area contributed by atoms with Crippen molar-refractivity contribution in [1.82, 2.24) is 29.5 Å². The summed E-state index contributed by atoms with van der Waals surface area (Å²) in [7, 11) is 0. The van der Waals surface area contributed by atoms with Crippen molar-refractivity contribution in [3.63, 3.8) is 0 Å². The van der Waals surface area contributed by atoms with E-state index in [0.717, 1.165) is 33.3 Å². The van der Waals surface area contributed by atoms with Crippen molar-refractivity contribution in [2.45, 2.75) is 6.42 Å². The van der Waals surface area contributed by atoms with Gasteiger partial charge in [0.2, 0.25) is 0 Å². The minimum Gasteiger partial charge on any atom is -0.370 e. The minimum absolute atomic E-state index is 0.405. The Hall–Kier alpha value is -3.33. The fourth-order valence-electron chi connectivity index (χ4n) is 3.29. The third-order valence-corrected chi connectivity index (χ3v) is 5.20. The quantitative estimate of drug-likeness (QED) is 0.417. The zero-order valence-corrected chi connectivity index (χ0v) is 16.7. The second-order valence-electron chi connectivity index (χ2n) is 6.54. The third kappa shape index (κ3) is 3.33. The lowest BCUT2D eigenvalue weighted by Gasteiger charge is -2.10. The molecule has 9 heteroatoms. The summed E-state index contributed by atoms with van der Waals surface area (Å²) in [6.07, 6.45) is 9.00. The Morgan fingerprint density at radius 1 is 1.21 bits per heavy atom. The van der Waals surface area contributed by atoms with Gasteiger partial charge in [-0.15, -0.1) is 0 Å². The standard InChI is InChI=1S/C20H15BrFN7/c21-15-11-27-29-18(7-17(28-20(15)29)13-6-14(22)10-23-8-13)24-5-3-12-9-26-16-2-1-4-25-19(12)16/h1-2,4,6-11,24,26H,3,5H2. The molecule has 0 aliphatic rings. The zero-order chi connectivity index (χ0) is 19.8. The van der Waals surface area contributed by atoms with Crippen molar-refractivity contribution in [2.24, 2.45) is 0 Å². The highest BCUT2D eigenvalue weighted by molar-refractivity contribution is 9.10. The Morgan fingerprint density at radius 3 is 3.03 bits per heavy atom. The highest BCUT2D eigenvalue weighted by Gasteiger charge is 2.12. The van der Waals surface area contributed by atoms with Crippen LogP contribution in [0.2, 0.25) is 0 Å². The normalized spacial score (nSPS) is 11.4. The van der Waals surface area contributed by atoms with E-state index in [0.29, 0.717) is 23.4 Å². The summed E-state index contributed by atoms with van der Waals surface area (Å²) in [5, 5.41) is 7.79. The molecule has 0 aromatic carbocycles. The van der Waals surface area contributed by atoms with E-state index >= 15 is 0 Å². The maximum absolute atomic E-state index is 13.6. The lowest BCUT2D eigenvalue weighted by Crippen LogP contribution is -2.10. The number of aromatic nitrogens is 6. The topological polar surface area (TPSA) is 83.8 Å². The first kappa shape index (κ1) is 17.7. The molecule has 0 radical (unpaired) electrons. The van der Waals surface area contributed by atoms with E-state index < -0.39 is 5.82 Å². The van der Waals surface area contributed by atoms with Gasteiger partial charge in [0.1, 0.15) is 11.6 Å². The van der Waals surface area contributed by atoms with Crippen LogP contribution >= 0.6 is 15.9 Å². The average molecular weight is 452 g/mol. The molecule has 7 nitrogen and oxygen atoms in total. The summed E-state index contributed by atoms with van der Waals surface area (Å²) < 4.78 is 16.1. The van der Waals surface area contributed by atoms with E-state index in [4.69, 9.17) is 0 Å². The zero-order valence-electron chi connectivity index (χ0n) is 15.1. The van der Waals surface area contributed by atoms with Gasteiger partial charge in [-0.2, -0.15) is 9.61 Å². The Bertz CT molecular complexity index is 1330. The summed E-state index contributed by atoms with van der Waals surface area (Å²) in [6.45, 7) is 0.668. The first-order chi connectivity index (χ1) is 14.2. The molecule has 29 heavy (non-hydrogen) atoms. The summed E-state index contributed by atoms with van der Waals surface area (Å²) in [5.74, 6) is 0.353. The molecular formula is C20H15BrFN7. The maximum atomic E-state index is 13.6. The number of anilines is 1. The van der Waals surface area contributed by atoms with Crippen molar-refractivity contribution in [3.8, 4) is 11.3 Å². The predicted molar refractivity (Wildman–Crippen MR) is 112 cm³/mol. The molecule has 5 heterocycles. The van der Waals surface area contributed by atoms with Crippen molar-refractivity contribution in [2.75, 3.05) is 11.9 Å². The smallest absolute Gasteiger partial charge is 0.172 e. The number of pyridine rings is 2. The van der Waals surface area contributed by atoms with Crippen LogP contribution in [0.1, 0.15) is 5.56 Å². The van der Waals surface area contributed by atoms with Crippen LogP contribution in [0, 0.1) is 5.82 Å². The van der Waals surface area contributed by atoms with E-state index in [1.54, 1.807) is 23.1 Å². The Labute approximate surface area is 173 Å². The number of fused-ring (bicyclic) bond motifs is 2. The van der Waals surface area contributed by atoms with E-state index in [2.05, 4.69) is 46.3 Å². The molecule has 0 bridgehead atoms. The largest absolute Gasteiger partial charge is 0.370 e. The number of hydrogen-bond donors (Lipinski definition) is 2. The number of rotatable bonds is 5. The fourth-order valence-corrected chi connectivity index (χ4v) is 3.64. The fraction of sp³-hybridized carbons (Fsp3) is 0.100. The average Bonchev–Trinajstić information content (AvgIpc) is 3.32. The molecule has 0 aliphatic heterocycles. The molecule has 5 aromatic heterocycles. The van der Waals surface area contributed by atoms with Crippen LogP contribution in [0.5, 0.6) is 0 Å². The van der Waals surface area contributed by atoms with Crippen molar-refractivity contribution < 1.29 is 4.39 Å². The summed E-state index contributed by atoms with van der Waals surface area (Å²) in [4.78, 5) is 16.2. The summed E-state index contributed by atoms with van der Waals surface area (Å²) in [5.41, 5.74) is 4.98. The molecule has 144 valence electrons. The van der Waals surface area contributed by atoms with E-state index in [-0.39, 0.29) is 0 Å². The van der Waals surface area contributed by atoms with Gasteiger partial charge in [-0.05, 0) is 46.1 Å². The number of halogens is 2. The van der Waals surface area contributed by atoms with Crippen LogP contribution in [0.4, 0.5) is 10.2 Å². The number of aromatic amines is 1. The first-order valence-corrected chi connectivity index (χ1v) is 9.78. The van der Waals surface area contributed by atoms with E-state index in [1.807, 2.05) is 24.4 Å². The summed E-state index contributed by atoms with van der Waals surface area (Å²) in [6, 6.07) is 7.17. The first-order valence-electron chi connectivity index (χ1n) is 8.99. The number of nitrogens with one attached hydrogen (secondary N) is 2. The molecule has 0 fully saturated rings. The monoisotopic (exact) mass is 451 g/mol. The Kier molecular flexibility index (Phi) is 4.44. The van der Waals surface area contributed by atoms with Gasteiger partial charge in [0, 0.05) is 36.8 Å². The van der Waals surface area contributed by atoms with Crippen molar-refractivity contribution in [1.29, 1.82) is 0 Å². The summed E-state index contributed by atoms with van der Waals surface area (Å²) >= 11 is 3.47. The predicted octanol–water partition coefficient (Wildman–Crippen LogP) is 4.22. The lowest BCUT2D eigenvalue weighted by atomic mass is 10.2. The number of H-pyrrole nitrogens is 1. The third-order valence-electron chi connectivity index (χ3n) is 4.64. The molecule has 0 saturated heterocycles. The second kappa shape index (κ2) is 7.25. The molecule has 0 aliphatic carbocycles. The van der Waals surface area contributed by atoms with Gasteiger partial charge < -0.3 is 10.3 Å². The van der Waals surface area contributed by atoms with Gasteiger partial charge in [0.05, 0.1) is 33.6 Å². The van der Waals surface area contributed by atoms with Crippen LogP contribution in [-0.4, -0.2) is 36.1 Å². The van der Waals surface area contributed by atoms with Gasteiger partial charge in [-0.1, -0.05) is 0 Å². The van der Waals surface area contributed by atoms with Gasteiger partial charge in [-0.3, -0.25) is 9.97 Å². The van der Waals surface area contributed by atoms with Gasteiger partial charge in [0.25, 0.3) is 0 Å². The molecular weight excluding hydrogens is 437 g/mol. The van der Waals surface area contributed by atoms with Gasteiger partial charge in [-0.25, -0.2) is 9.37 Å². The van der Waals surface area contributed by atoms with Crippen LogP contribution in [0.25, 0.3) is 27.9 Å². The SMILES string of the molecule is Fc1cncc(-c2cc(NCCc3c[nH]c4cccnc34)n3ncc(Br)c3n2)c1. The highest BCUT2D eigenvalue weighted by Crippen LogP contribution is 2.26. The van der Waals surface area contributed by atoms with Crippen LogP contribution in [0.3, 0.4) is 0 Å². The Morgan fingerprint density at radius 2 is 2.14 bits per heavy atom. The number of hydrogen-bond acceptors (Lipinski definition) is 5. The van der Waals surface area contributed by atoms with Gasteiger partial charge >= 0.3 is 0 Å². The van der Waals surface area contributed by atoms with Crippen LogP contribution in [0.15, 0.2) is 59.7 Å². The molecule has 0 saturated carbocycles. The molecule has 0 atom stereocenters. The maximum Gasteiger partial charge on any atom is 0.172 e. The van der Waals surface area contributed by atoms with Crippen LogP contribution < -0.4 is 5.32 Å². The second-order valence-corrected chi connectivity index (χ2v) is 7.39. The molecule has 5 aromatic rings. The molecule has 5 rings (SSSR count). The minimum atomic E-state index is -0.405. The van der Waals surface area contributed by atoms with Crippen molar-refractivity contribution in [3.05, 3.63) is 71.1 Å². The van der Waals surface area contributed by atoms with E-state index in [1.165, 1.54) is 12.3 Å². The molecule has 0 unspecified atom stereocenters. The van der Waals surface area contributed by atoms with Crippen molar-refractivity contribution >= 4 is 38.4 Å². The number of nitrogens with zero attached hydrogens (tertiary/aromatic N) is 5. The molecule has 0 amide bonds. The molecule has 2 N–H and O–H groups in total. The van der Waals surface area contributed by atoms with Crippen LogP contribution in [-0.2, 0) is 6.42 Å². The van der Waals surface area contributed by atoms with E-state index in [9.17, 15) is 4.39 Å². The van der Waals surface area contributed by atoms with Gasteiger partial charge in [0.15, 0.2) is 5.65 Å². The lowest BCUT2D eigenvalue weighted by molar-refractivity contribution is 0.622. The Balaban J connectivity index is 1.46. The molecule has 0 spiro atoms.